The monoisotopic (exact) mass is 433 g/mol. The van der Waals surface area contributed by atoms with E-state index in [9.17, 15) is 9.90 Å². The van der Waals surface area contributed by atoms with Crippen LogP contribution in [-0.2, 0) is 24.8 Å². The molecule has 1 aromatic carbocycles. The van der Waals surface area contributed by atoms with Crippen LogP contribution in [0.3, 0.4) is 0 Å². The van der Waals surface area contributed by atoms with E-state index in [4.69, 9.17) is 4.74 Å². The van der Waals surface area contributed by atoms with Crippen molar-refractivity contribution in [2.75, 3.05) is 20.7 Å². The molecule has 8 heteroatoms. The maximum atomic E-state index is 13.1. The first-order chi connectivity index (χ1) is 15.4. The zero-order valence-corrected chi connectivity index (χ0v) is 18.7. The lowest BCUT2D eigenvalue weighted by molar-refractivity contribution is 0.0526. The van der Waals surface area contributed by atoms with E-state index in [0.29, 0.717) is 40.9 Å². The van der Waals surface area contributed by atoms with Gasteiger partial charge in [-0.15, -0.1) is 0 Å². The van der Waals surface area contributed by atoms with Gasteiger partial charge >= 0.3 is 5.97 Å². The summed E-state index contributed by atoms with van der Waals surface area (Å²) in [6.07, 6.45) is 7.15. The summed E-state index contributed by atoms with van der Waals surface area (Å²) in [7, 11) is 5.84. The number of phenols is 1. The van der Waals surface area contributed by atoms with Crippen LogP contribution in [0.25, 0.3) is 22.0 Å². The molecule has 2 N–H and O–H groups in total. The topological polar surface area (TPSA) is 96.3 Å². The number of ether oxygens (including phenoxy) is 1. The summed E-state index contributed by atoms with van der Waals surface area (Å²) in [5, 5.41) is 12.1. The summed E-state index contributed by atoms with van der Waals surface area (Å²) >= 11 is 0. The highest BCUT2D eigenvalue weighted by molar-refractivity contribution is 6.09. The summed E-state index contributed by atoms with van der Waals surface area (Å²) in [5.41, 5.74) is 4.21. The van der Waals surface area contributed by atoms with Crippen molar-refractivity contribution in [1.29, 1.82) is 0 Å². The molecule has 0 aliphatic carbocycles. The Hall–Kier alpha value is -3.65. The minimum atomic E-state index is -0.399. The van der Waals surface area contributed by atoms with Crippen molar-refractivity contribution in [3.8, 4) is 16.9 Å². The number of fused-ring (bicyclic) bond motifs is 1. The molecule has 0 unspecified atom stereocenters. The van der Waals surface area contributed by atoms with Gasteiger partial charge in [-0.2, -0.15) is 0 Å². The second kappa shape index (κ2) is 8.84. The molecule has 0 spiro atoms. The molecular weight excluding hydrogens is 406 g/mol. The average molecular weight is 434 g/mol. The molecule has 0 atom stereocenters. The number of phenolic OH excluding ortho intramolecular Hbond substituents is 1. The molecule has 0 aliphatic heterocycles. The van der Waals surface area contributed by atoms with Crippen LogP contribution in [-0.4, -0.2) is 56.2 Å². The van der Waals surface area contributed by atoms with Crippen molar-refractivity contribution in [2.45, 2.75) is 19.9 Å². The maximum absolute atomic E-state index is 13.1. The second-order valence-corrected chi connectivity index (χ2v) is 7.94. The number of pyridine rings is 1. The van der Waals surface area contributed by atoms with Crippen molar-refractivity contribution in [2.24, 2.45) is 7.05 Å². The third-order valence-corrected chi connectivity index (χ3v) is 5.50. The summed E-state index contributed by atoms with van der Waals surface area (Å²) in [6, 6.07) is 5.65. The molecule has 4 aromatic rings. The van der Waals surface area contributed by atoms with Gasteiger partial charge in [-0.1, -0.05) is 6.07 Å². The van der Waals surface area contributed by atoms with Crippen LogP contribution < -0.4 is 0 Å². The van der Waals surface area contributed by atoms with Gasteiger partial charge in [0.1, 0.15) is 11.6 Å². The normalized spacial score (nSPS) is 11.4. The Labute approximate surface area is 186 Å². The number of rotatable bonds is 7. The molecule has 4 rings (SSSR count). The highest BCUT2D eigenvalue weighted by atomic mass is 16.5. The number of aryl methyl sites for hydroxylation is 1. The Morgan fingerprint density at radius 2 is 2.12 bits per heavy atom. The molecule has 0 aliphatic rings. The molecule has 3 heterocycles. The van der Waals surface area contributed by atoms with E-state index in [0.717, 1.165) is 16.8 Å². The first-order valence-corrected chi connectivity index (χ1v) is 10.5. The zero-order valence-electron chi connectivity index (χ0n) is 18.7. The largest absolute Gasteiger partial charge is 0.507 e. The fourth-order valence-electron chi connectivity index (χ4n) is 4.10. The molecule has 0 saturated heterocycles. The Morgan fingerprint density at radius 1 is 1.31 bits per heavy atom. The second-order valence-electron chi connectivity index (χ2n) is 7.94. The molecule has 166 valence electrons. The molecule has 0 radical (unpaired) electrons. The van der Waals surface area contributed by atoms with Crippen molar-refractivity contribution in [3.05, 3.63) is 65.6 Å². The van der Waals surface area contributed by atoms with Crippen LogP contribution in [0.4, 0.5) is 0 Å². The summed E-state index contributed by atoms with van der Waals surface area (Å²) in [6.45, 7) is 2.60. The third-order valence-electron chi connectivity index (χ3n) is 5.50. The number of hydrogen-bond donors (Lipinski definition) is 2. The summed E-state index contributed by atoms with van der Waals surface area (Å²) in [4.78, 5) is 26.8. The predicted molar refractivity (Wildman–Crippen MR) is 123 cm³/mol. The van der Waals surface area contributed by atoms with Gasteiger partial charge in [0.05, 0.1) is 17.7 Å². The fraction of sp³-hybridized carbons (Fsp3) is 0.292. The number of hydrogen-bond acceptors (Lipinski definition) is 6. The number of nitrogens with zero attached hydrogens (tertiary/aromatic N) is 4. The van der Waals surface area contributed by atoms with E-state index in [2.05, 4.69) is 15.0 Å². The number of esters is 1. The number of H-pyrrole nitrogens is 1. The van der Waals surface area contributed by atoms with E-state index in [-0.39, 0.29) is 12.4 Å². The highest BCUT2D eigenvalue weighted by Crippen LogP contribution is 2.42. The van der Waals surface area contributed by atoms with Crippen LogP contribution in [0.2, 0.25) is 0 Å². The zero-order chi connectivity index (χ0) is 22.8. The smallest absolute Gasteiger partial charge is 0.340 e. The van der Waals surface area contributed by atoms with Crippen molar-refractivity contribution < 1.29 is 14.6 Å². The van der Waals surface area contributed by atoms with Gasteiger partial charge < -0.3 is 24.3 Å². The van der Waals surface area contributed by atoms with Crippen molar-refractivity contribution >= 4 is 16.9 Å². The molecule has 8 nitrogen and oxygen atoms in total. The number of aromatic hydroxyl groups is 1. The maximum Gasteiger partial charge on any atom is 0.340 e. The molecule has 0 bridgehead atoms. The Morgan fingerprint density at radius 3 is 2.75 bits per heavy atom. The predicted octanol–water partition coefficient (Wildman–Crippen LogP) is 3.50. The standard InChI is InChI=1S/C24H27N5O3/c1-5-32-24(31)22-19(14-28(2)3)29(4)18-11-16(15-7-6-8-25-13-15)23(30)17(21(18)22)12-20-26-9-10-27-20/h6-11,13,30H,5,12,14H2,1-4H3,(H,26,27). The lowest BCUT2D eigenvalue weighted by atomic mass is 9.95. The van der Waals surface area contributed by atoms with Crippen molar-refractivity contribution in [1.82, 2.24) is 24.4 Å². The number of aromatic amines is 1. The van der Waals surface area contributed by atoms with E-state index in [1.54, 1.807) is 31.7 Å². The van der Waals surface area contributed by atoms with Crippen LogP contribution >= 0.6 is 0 Å². The first-order valence-electron chi connectivity index (χ1n) is 10.5. The van der Waals surface area contributed by atoms with Crippen LogP contribution in [0, 0.1) is 0 Å². The fourth-order valence-corrected chi connectivity index (χ4v) is 4.10. The number of imidazole rings is 1. The van der Waals surface area contributed by atoms with E-state index < -0.39 is 5.97 Å². The number of carbonyl (C=O) groups excluding carboxylic acids is 1. The van der Waals surface area contributed by atoms with Gasteiger partial charge in [-0.05, 0) is 33.2 Å². The van der Waals surface area contributed by atoms with Crippen LogP contribution in [0.5, 0.6) is 5.75 Å². The van der Waals surface area contributed by atoms with Gasteiger partial charge in [-0.3, -0.25) is 4.98 Å². The minimum Gasteiger partial charge on any atom is -0.507 e. The van der Waals surface area contributed by atoms with Gasteiger partial charge in [0.25, 0.3) is 0 Å². The number of nitrogens with one attached hydrogen (secondary N) is 1. The molecule has 32 heavy (non-hydrogen) atoms. The quantitative estimate of drug-likeness (QED) is 0.433. The summed E-state index contributed by atoms with van der Waals surface area (Å²) in [5.74, 6) is 0.399. The van der Waals surface area contributed by atoms with Crippen molar-refractivity contribution in [3.63, 3.8) is 0 Å². The molecule has 3 aromatic heterocycles. The number of carbonyl (C=O) groups is 1. The SMILES string of the molecule is CCOC(=O)c1c(CN(C)C)n(C)c2cc(-c3cccnc3)c(O)c(Cc3ncc[nH]3)c12. The molecule has 0 amide bonds. The molecular formula is C24H27N5O3. The van der Waals surface area contributed by atoms with E-state index in [1.165, 1.54) is 0 Å². The number of benzene rings is 1. The van der Waals surface area contributed by atoms with E-state index in [1.807, 2.05) is 48.8 Å². The highest BCUT2D eigenvalue weighted by Gasteiger charge is 2.28. The lowest BCUT2D eigenvalue weighted by Crippen LogP contribution is -2.17. The van der Waals surface area contributed by atoms with E-state index >= 15 is 0 Å². The van der Waals surface area contributed by atoms with Gasteiger partial charge in [0, 0.05) is 72.6 Å². The molecule has 0 fully saturated rings. The van der Waals surface area contributed by atoms with Gasteiger partial charge in [-0.25, -0.2) is 9.78 Å². The number of aromatic nitrogens is 4. The average Bonchev–Trinajstić information content (AvgIpc) is 3.37. The van der Waals surface area contributed by atoms with Gasteiger partial charge in [0.15, 0.2) is 0 Å². The minimum absolute atomic E-state index is 0.106. The first kappa shape index (κ1) is 21.6. The third kappa shape index (κ3) is 3.85. The molecule has 0 saturated carbocycles. The van der Waals surface area contributed by atoms with Gasteiger partial charge in [0.2, 0.25) is 0 Å². The van der Waals surface area contributed by atoms with Crippen LogP contribution in [0.1, 0.15) is 34.4 Å². The summed E-state index contributed by atoms with van der Waals surface area (Å²) < 4.78 is 7.44. The Kier molecular flexibility index (Phi) is 5.96. The Bertz CT molecular complexity index is 1240. The lowest BCUT2D eigenvalue weighted by Gasteiger charge is -2.13. The Balaban J connectivity index is 2.09. The van der Waals surface area contributed by atoms with Crippen LogP contribution in [0.15, 0.2) is 43.0 Å².